The first-order valence-electron chi connectivity index (χ1n) is 4.77. The zero-order valence-electron chi connectivity index (χ0n) is 8.53. The summed E-state index contributed by atoms with van der Waals surface area (Å²) in [5.41, 5.74) is 8.52. The number of rotatable bonds is 2. The van der Waals surface area contributed by atoms with Crippen molar-refractivity contribution in [2.24, 2.45) is 0 Å². The lowest BCUT2D eigenvalue weighted by molar-refractivity contribution is 0.248. The van der Waals surface area contributed by atoms with E-state index >= 15 is 0 Å². The second-order valence-electron chi connectivity index (χ2n) is 3.44. The molecule has 0 radical (unpaired) electrons. The Hall–Kier alpha value is -1.74. The predicted octanol–water partition coefficient (Wildman–Crippen LogP) is 2.33. The van der Waals surface area contributed by atoms with E-state index < -0.39 is 0 Å². The van der Waals surface area contributed by atoms with Gasteiger partial charge in [0, 0.05) is 11.3 Å². The summed E-state index contributed by atoms with van der Waals surface area (Å²) in [4.78, 5) is 0. The molecule has 0 spiro atoms. The number of aliphatic hydroxyl groups is 1. The predicted molar refractivity (Wildman–Crippen MR) is 59.2 cm³/mol. The number of benzene rings is 1. The minimum atomic E-state index is -0.0820. The van der Waals surface area contributed by atoms with Gasteiger partial charge >= 0.3 is 0 Å². The van der Waals surface area contributed by atoms with E-state index in [0.29, 0.717) is 5.76 Å². The molecule has 0 fully saturated rings. The van der Waals surface area contributed by atoms with Crippen LogP contribution in [0.3, 0.4) is 0 Å². The van der Waals surface area contributed by atoms with Crippen LogP contribution in [0, 0.1) is 6.92 Å². The molecule has 0 saturated heterocycles. The summed E-state index contributed by atoms with van der Waals surface area (Å²) in [5.74, 6) is 1.30. The smallest absolute Gasteiger partial charge is 0.134 e. The highest BCUT2D eigenvalue weighted by Gasteiger charge is 2.08. The van der Waals surface area contributed by atoms with Crippen LogP contribution in [0.1, 0.15) is 11.3 Å². The van der Waals surface area contributed by atoms with Gasteiger partial charge in [-0.1, -0.05) is 12.1 Å². The van der Waals surface area contributed by atoms with Crippen LogP contribution in [0.25, 0.3) is 11.3 Å². The van der Waals surface area contributed by atoms with Crippen LogP contribution in [-0.2, 0) is 6.61 Å². The van der Waals surface area contributed by atoms with Crippen molar-refractivity contribution < 1.29 is 9.52 Å². The van der Waals surface area contributed by atoms with E-state index in [1.165, 1.54) is 0 Å². The molecule has 2 aromatic rings. The molecule has 2 rings (SSSR count). The van der Waals surface area contributed by atoms with Gasteiger partial charge in [-0.15, -0.1) is 0 Å². The van der Waals surface area contributed by atoms with Crippen molar-refractivity contribution in [1.82, 2.24) is 0 Å². The van der Waals surface area contributed by atoms with Gasteiger partial charge in [-0.25, -0.2) is 0 Å². The Morgan fingerprint density at radius 2 is 2.07 bits per heavy atom. The fraction of sp³-hybridized carbons (Fsp3) is 0.167. The molecular formula is C12H13NO2. The lowest BCUT2D eigenvalue weighted by Gasteiger charge is -2.05. The fourth-order valence-electron chi connectivity index (χ4n) is 1.53. The van der Waals surface area contributed by atoms with E-state index in [2.05, 4.69) is 0 Å². The van der Waals surface area contributed by atoms with Crippen LogP contribution in [0.4, 0.5) is 5.69 Å². The van der Waals surface area contributed by atoms with Crippen molar-refractivity contribution in [3.05, 3.63) is 41.7 Å². The number of furan rings is 1. The highest BCUT2D eigenvalue weighted by Crippen LogP contribution is 2.28. The van der Waals surface area contributed by atoms with Crippen LogP contribution in [0.2, 0.25) is 0 Å². The number of anilines is 1. The van der Waals surface area contributed by atoms with Crippen LogP contribution >= 0.6 is 0 Å². The first-order chi connectivity index (χ1) is 7.22. The summed E-state index contributed by atoms with van der Waals surface area (Å²) in [6, 6.07) is 9.30. The highest BCUT2D eigenvalue weighted by molar-refractivity contribution is 5.69. The fourth-order valence-corrected chi connectivity index (χ4v) is 1.53. The van der Waals surface area contributed by atoms with Gasteiger partial charge in [0.25, 0.3) is 0 Å². The number of hydrogen-bond donors (Lipinski definition) is 2. The molecule has 3 nitrogen and oxygen atoms in total. The largest absolute Gasteiger partial charge is 0.459 e. The van der Waals surface area contributed by atoms with Gasteiger partial charge in [-0.3, -0.25) is 0 Å². The summed E-state index contributed by atoms with van der Waals surface area (Å²) in [5, 5.41) is 8.90. The third kappa shape index (κ3) is 1.74. The molecule has 1 aromatic carbocycles. The average Bonchev–Trinajstić information content (AvgIpc) is 2.70. The van der Waals surface area contributed by atoms with Gasteiger partial charge in [-0.2, -0.15) is 0 Å². The van der Waals surface area contributed by atoms with Crippen molar-refractivity contribution in [1.29, 1.82) is 0 Å². The third-order valence-electron chi connectivity index (χ3n) is 2.46. The molecule has 0 bridgehead atoms. The van der Waals surface area contributed by atoms with E-state index in [1.54, 1.807) is 6.07 Å². The molecule has 15 heavy (non-hydrogen) atoms. The zero-order chi connectivity index (χ0) is 10.8. The van der Waals surface area contributed by atoms with Gasteiger partial charge in [0.2, 0.25) is 0 Å². The van der Waals surface area contributed by atoms with Crippen molar-refractivity contribution in [2.45, 2.75) is 13.5 Å². The average molecular weight is 203 g/mol. The van der Waals surface area contributed by atoms with Gasteiger partial charge < -0.3 is 15.3 Å². The Kier molecular flexibility index (Phi) is 2.47. The molecule has 0 aliphatic rings. The maximum absolute atomic E-state index is 8.90. The minimum absolute atomic E-state index is 0.0820. The SMILES string of the molecule is Cc1c(N)cccc1-c1ccc(CO)o1. The maximum atomic E-state index is 8.90. The van der Waals surface area contributed by atoms with Crippen LogP contribution in [0.5, 0.6) is 0 Å². The van der Waals surface area contributed by atoms with E-state index in [0.717, 1.165) is 22.6 Å². The molecule has 3 N–H and O–H groups in total. The number of hydrogen-bond acceptors (Lipinski definition) is 3. The van der Waals surface area contributed by atoms with Gasteiger partial charge in [-0.05, 0) is 30.7 Å². The van der Waals surface area contributed by atoms with Crippen LogP contribution in [0.15, 0.2) is 34.7 Å². The normalized spacial score (nSPS) is 10.5. The summed E-state index contributed by atoms with van der Waals surface area (Å²) in [7, 11) is 0. The van der Waals surface area contributed by atoms with Gasteiger partial charge in [0.15, 0.2) is 0 Å². The Morgan fingerprint density at radius 1 is 1.27 bits per heavy atom. The minimum Gasteiger partial charge on any atom is -0.459 e. The second-order valence-corrected chi connectivity index (χ2v) is 3.44. The Balaban J connectivity index is 2.49. The van der Waals surface area contributed by atoms with E-state index in [9.17, 15) is 0 Å². The highest BCUT2D eigenvalue weighted by atomic mass is 16.4. The summed E-state index contributed by atoms with van der Waals surface area (Å²) >= 11 is 0. The van der Waals surface area contributed by atoms with Crippen molar-refractivity contribution in [3.63, 3.8) is 0 Å². The summed E-state index contributed by atoms with van der Waals surface area (Å²) in [6.07, 6.45) is 0. The first kappa shape index (κ1) is 9.80. The third-order valence-corrected chi connectivity index (χ3v) is 2.46. The molecule has 0 saturated carbocycles. The Morgan fingerprint density at radius 3 is 2.73 bits per heavy atom. The lowest BCUT2D eigenvalue weighted by atomic mass is 10.1. The van der Waals surface area contributed by atoms with E-state index in [4.69, 9.17) is 15.3 Å². The molecule has 1 heterocycles. The van der Waals surface area contributed by atoms with Crippen LogP contribution in [-0.4, -0.2) is 5.11 Å². The summed E-state index contributed by atoms with van der Waals surface area (Å²) < 4.78 is 5.45. The van der Waals surface area contributed by atoms with Crippen molar-refractivity contribution >= 4 is 5.69 Å². The lowest BCUT2D eigenvalue weighted by Crippen LogP contribution is -1.90. The molecule has 0 aliphatic heterocycles. The zero-order valence-corrected chi connectivity index (χ0v) is 8.53. The molecule has 0 unspecified atom stereocenters. The van der Waals surface area contributed by atoms with Crippen molar-refractivity contribution in [3.8, 4) is 11.3 Å². The molecule has 78 valence electrons. The molecule has 1 aromatic heterocycles. The number of nitrogens with two attached hydrogens (primary N) is 1. The standard InChI is InChI=1S/C12H13NO2/c1-8-10(3-2-4-11(8)13)12-6-5-9(7-14)15-12/h2-6,14H,7,13H2,1H3. The topological polar surface area (TPSA) is 59.4 Å². The molecule has 0 aliphatic carbocycles. The van der Waals surface area contributed by atoms with Gasteiger partial charge in [0.1, 0.15) is 18.1 Å². The quantitative estimate of drug-likeness (QED) is 0.736. The Bertz CT molecular complexity index is 474. The monoisotopic (exact) mass is 203 g/mol. The number of aliphatic hydroxyl groups excluding tert-OH is 1. The molecular weight excluding hydrogens is 190 g/mol. The summed E-state index contributed by atoms with van der Waals surface area (Å²) in [6.45, 7) is 1.87. The first-order valence-corrected chi connectivity index (χ1v) is 4.77. The second kappa shape index (κ2) is 3.79. The maximum Gasteiger partial charge on any atom is 0.134 e. The van der Waals surface area contributed by atoms with Gasteiger partial charge in [0.05, 0.1) is 0 Å². The van der Waals surface area contributed by atoms with E-state index in [1.807, 2.05) is 31.2 Å². The molecule has 0 atom stereocenters. The van der Waals surface area contributed by atoms with Crippen molar-refractivity contribution in [2.75, 3.05) is 5.73 Å². The number of nitrogen functional groups attached to an aromatic ring is 1. The Labute approximate surface area is 88.1 Å². The molecule has 0 amide bonds. The van der Waals surface area contributed by atoms with E-state index in [-0.39, 0.29) is 6.61 Å². The molecule has 3 heteroatoms. The van der Waals surface area contributed by atoms with Crippen LogP contribution < -0.4 is 5.73 Å².